The summed E-state index contributed by atoms with van der Waals surface area (Å²) in [6, 6.07) is 0. The molecule has 0 spiro atoms. The quantitative estimate of drug-likeness (QED) is 0.585. The Kier molecular flexibility index (Phi) is 5.37. The van der Waals surface area contributed by atoms with Crippen LogP contribution in [-0.2, 0) is 0 Å². The standard InChI is InChI=1S/C10H14ClN5/c1-3-5-7-13-10-15-8(11)14-9(16-10)12-6-4-2/h1H,4-7H2,2H3,(H2,12,13,14,15,16). The lowest BCUT2D eigenvalue weighted by Crippen LogP contribution is -2.10. The summed E-state index contributed by atoms with van der Waals surface area (Å²) in [7, 11) is 0. The number of aromatic nitrogens is 3. The van der Waals surface area contributed by atoms with Crippen LogP contribution in [0.5, 0.6) is 0 Å². The highest BCUT2D eigenvalue weighted by atomic mass is 35.5. The number of terminal acetylenes is 1. The third-order valence-electron chi connectivity index (χ3n) is 1.69. The van der Waals surface area contributed by atoms with Crippen LogP contribution in [0, 0.1) is 12.3 Å². The fraction of sp³-hybridized carbons (Fsp3) is 0.500. The SMILES string of the molecule is C#CCCNc1nc(Cl)nc(NCCC)n1. The van der Waals surface area contributed by atoms with Crippen molar-refractivity contribution in [1.82, 2.24) is 15.0 Å². The molecule has 1 aromatic rings. The molecule has 0 unspecified atom stereocenters. The Labute approximate surface area is 100 Å². The van der Waals surface area contributed by atoms with Crippen molar-refractivity contribution in [3.05, 3.63) is 5.28 Å². The van der Waals surface area contributed by atoms with Gasteiger partial charge in [0.2, 0.25) is 17.2 Å². The molecule has 0 atom stereocenters. The largest absolute Gasteiger partial charge is 0.354 e. The number of hydrogen-bond donors (Lipinski definition) is 2. The van der Waals surface area contributed by atoms with Crippen molar-refractivity contribution in [1.29, 1.82) is 0 Å². The molecule has 1 rings (SSSR count). The van der Waals surface area contributed by atoms with Crippen molar-refractivity contribution in [2.75, 3.05) is 23.7 Å². The number of halogens is 1. The van der Waals surface area contributed by atoms with Gasteiger partial charge >= 0.3 is 0 Å². The zero-order valence-corrected chi connectivity index (χ0v) is 9.88. The van der Waals surface area contributed by atoms with Gasteiger partial charge in [-0.15, -0.1) is 12.3 Å². The van der Waals surface area contributed by atoms with E-state index in [9.17, 15) is 0 Å². The average molecular weight is 240 g/mol. The predicted octanol–water partition coefficient (Wildman–Crippen LogP) is 1.78. The summed E-state index contributed by atoms with van der Waals surface area (Å²) in [5.41, 5.74) is 0. The lowest BCUT2D eigenvalue weighted by Gasteiger charge is -2.06. The lowest BCUT2D eigenvalue weighted by molar-refractivity contribution is 0.932. The Morgan fingerprint density at radius 1 is 1.19 bits per heavy atom. The first kappa shape index (κ1) is 12.5. The molecule has 5 nitrogen and oxygen atoms in total. The molecule has 6 heteroatoms. The minimum Gasteiger partial charge on any atom is -0.354 e. The van der Waals surface area contributed by atoms with Crippen LogP contribution in [0.3, 0.4) is 0 Å². The van der Waals surface area contributed by atoms with E-state index in [4.69, 9.17) is 18.0 Å². The predicted molar refractivity (Wildman–Crippen MR) is 65.6 cm³/mol. The molecule has 0 fully saturated rings. The Bertz CT molecular complexity index is 374. The molecule has 0 amide bonds. The highest BCUT2D eigenvalue weighted by Gasteiger charge is 2.03. The molecule has 0 bridgehead atoms. The summed E-state index contributed by atoms with van der Waals surface area (Å²) in [6.45, 7) is 3.47. The molecule has 0 saturated carbocycles. The van der Waals surface area contributed by atoms with E-state index in [1.54, 1.807) is 0 Å². The maximum Gasteiger partial charge on any atom is 0.228 e. The van der Waals surface area contributed by atoms with Gasteiger partial charge in [0.05, 0.1) is 0 Å². The van der Waals surface area contributed by atoms with Crippen molar-refractivity contribution in [3.63, 3.8) is 0 Å². The van der Waals surface area contributed by atoms with Gasteiger partial charge in [-0.05, 0) is 18.0 Å². The van der Waals surface area contributed by atoms with Crippen LogP contribution in [0.2, 0.25) is 5.28 Å². The number of hydrogen-bond acceptors (Lipinski definition) is 5. The third-order valence-corrected chi connectivity index (χ3v) is 1.86. The van der Waals surface area contributed by atoms with Gasteiger partial charge in [0.25, 0.3) is 0 Å². The first-order chi connectivity index (χ1) is 7.76. The molecular weight excluding hydrogens is 226 g/mol. The van der Waals surface area contributed by atoms with Crippen molar-refractivity contribution in [3.8, 4) is 12.3 Å². The zero-order valence-electron chi connectivity index (χ0n) is 9.13. The summed E-state index contributed by atoms with van der Waals surface area (Å²) >= 11 is 5.76. The highest BCUT2D eigenvalue weighted by molar-refractivity contribution is 6.28. The van der Waals surface area contributed by atoms with Crippen LogP contribution in [0.4, 0.5) is 11.9 Å². The molecule has 0 radical (unpaired) electrons. The summed E-state index contributed by atoms with van der Waals surface area (Å²) in [6.07, 6.45) is 6.74. The summed E-state index contributed by atoms with van der Waals surface area (Å²) in [5.74, 6) is 3.43. The molecule has 86 valence electrons. The van der Waals surface area contributed by atoms with Gasteiger partial charge in [-0.3, -0.25) is 0 Å². The van der Waals surface area contributed by atoms with Crippen LogP contribution in [0.15, 0.2) is 0 Å². The zero-order chi connectivity index (χ0) is 11.8. The maximum absolute atomic E-state index is 5.76. The number of nitrogens with zero attached hydrogens (tertiary/aromatic N) is 3. The lowest BCUT2D eigenvalue weighted by atomic mass is 10.4. The van der Waals surface area contributed by atoms with Gasteiger partial charge in [0.1, 0.15) is 0 Å². The van der Waals surface area contributed by atoms with Crippen LogP contribution in [0.25, 0.3) is 0 Å². The molecule has 0 aromatic carbocycles. The number of nitrogens with one attached hydrogen (secondary N) is 2. The van der Waals surface area contributed by atoms with E-state index >= 15 is 0 Å². The fourth-order valence-corrected chi connectivity index (χ4v) is 1.15. The van der Waals surface area contributed by atoms with E-state index in [1.165, 1.54) is 0 Å². The van der Waals surface area contributed by atoms with Crippen molar-refractivity contribution in [2.24, 2.45) is 0 Å². The molecule has 1 heterocycles. The summed E-state index contributed by atoms with van der Waals surface area (Å²) < 4.78 is 0. The van der Waals surface area contributed by atoms with E-state index in [-0.39, 0.29) is 5.28 Å². The first-order valence-electron chi connectivity index (χ1n) is 5.09. The minimum atomic E-state index is 0.164. The summed E-state index contributed by atoms with van der Waals surface area (Å²) in [4.78, 5) is 12.0. The van der Waals surface area contributed by atoms with Crippen molar-refractivity contribution >= 4 is 23.5 Å². The average Bonchev–Trinajstić information content (AvgIpc) is 2.26. The molecule has 0 saturated heterocycles. The Balaban J connectivity index is 2.62. The van der Waals surface area contributed by atoms with E-state index < -0.39 is 0 Å². The summed E-state index contributed by atoms with van der Waals surface area (Å²) in [5, 5.41) is 6.18. The van der Waals surface area contributed by atoms with Gasteiger partial charge in [0.15, 0.2) is 0 Å². The molecule has 0 aliphatic carbocycles. The minimum absolute atomic E-state index is 0.164. The van der Waals surface area contributed by atoms with E-state index in [2.05, 4.69) is 38.4 Å². The molecule has 0 aliphatic heterocycles. The second kappa shape index (κ2) is 6.85. The maximum atomic E-state index is 5.76. The Hall–Kier alpha value is -1.54. The van der Waals surface area contributed by atoms with Gasteiger partial charge in [-0.1, -0.05) is 6.92 Å². The van der Waals surface area contributed by atoms with Crippen LogP contribution < -0.4 is 10.6 Å². The second-order valence-corrected chi connectivity index (χ2v) is 3.40. The third kappa shape index (κ3) is 4.32. The van der Waals surface area contributed by atoms with E-state index in [0.717, 1.165) is 13.0 Å². The van der Waals surface area contributed by atoms with Gasteiger partial charge in [0, 0.05) is 19.5 Å². The van der Waals surface area contributed by atoms with Gasteiger partial charge in [-0.25, -0.2) is 0 Å². The number of anilines is 2. The number of rotatable bonds is 6. The van der Waals surface area contributed by atoms with Crippen LogP contribution >= 0.6 is 11.6 Å². The highest BCUT2D eigenvalue weighted by Crippen LogP contribution is 2.09. The Morgan fingerprint density at radius 2 is 1.81 bits per heavy atom. The smallest absolute Gasteiger partial charge is 0.228 e. The van der Waals surface area contributed by atoms with E-state index in [1.807, 2.05) is 0 Å². The van der Waals surface area contributed by atoms with Crippen molar-refractivity contribution in [2.45, 2.75) is 19.8 Å². The van der Waals surface area contributed by atoms with Crippen molar-refractivity contribution < 1.29 is 0 Å². The van der Waals surface area contributed by atoms with E-state index in [0.29, 0.717) is 24.9 Å². The topological polar surface area (TPSA) is 62.7 Å². The molecule has 1 aromatic heterocycles. The monoisotopic (exact) mass is 239 g/mol. The van der Waals surface area contributed by atoms with Gasteiger partial charge < -0.3 is 10.6 Å². The Morgan fingerprint density at radius 3 is 2.38 bits per heavy atom. The van der Waals surface area contributed by atoms with Crippen LogP contribution in [0.1, 0.15) is 19.8 Å². The molecule has 16 heavy (non-hydrogen) atoms. The molecule has 2 N–H and O–H groups in total. The second-order valence-electron chi connectivity index (χ2n) is 3.06. The molecular formula is C10H14ClN5. The fourth-order valence-electron chi connectivity index (χ4n) is 0.991. The van der Waals surface area contributed by atoms with Crippen LogP contribution in [-0.4, -0.2) is 28.0 Å². The van der Waals surface area contributed by atoms with Gasteiger partial charge in [-0.2, -0.15) is 15.0 Å². The normalized spacial score (nSPS) is 9.56. The first-order valence-corrected chi connectivity index (χ1v) is 5.47. The molecule has 0 aliphatic rings.